The number of carbonyl (C=O) groups is 2. The molecule has 0 radical (unpaired) electrons. The number of amides is 1. The van der Waals surface area contributed by atoms with Crippen molar-refractivity contribution in [2.75, 3.05) is 13.1 Å². The molecule has 2 heterocycles. The number of carboxylic acid groups (broad SMARTS) is 1. The van der Waals surface area contributed by atoms with E-state index >= 15 is 0 Å². The molecular weight excluding hydrogens is 332 g/mol. The van der Waals surface area contributed by atoms with Crippen molar-refractivity contribution in [3.63, 3.8) is 0 Å². The molecule has 0 spiro atoms. The normalized spacial score (nSPS) is 15.4. The molecule has 126 valence electrons. The monoisotopic (exact) mass is 348 g/mol. The van der Waals surface area contributed by atoms with Crippen molar-refractivity contribution in [1.82, 2.24) is 9.88 Å². The fourth-order valence-electron chi connectivity index (χ4n) is 2.77. The van der Waals surface area contributed by atoms with Crippen molar-refractivity contribution in [3.8, 4) is 11.5 Å². The van der Waals surface area contributed by atoms with Crippen LogP contribution < -0.4 is 0 Å². The lowest BCUT2D eigenvalue weighted by Gasteiger charge is -2.31. The molecule has 3 N–H and O–H groups in total. The van der Waals surface area contributed by atoms with E-state index in [1.54, 1.807) is 4.90 Å². The summed E-state index contributed by atoms with van der Waals surface area (Å²) in [5.74, 6) is -1.52. The Morgan fingerprint density at radius 2 is 1.92 bits per heavy atom. The Labute approximate surface area is 141 Å². The van der Waals surface area contributed by atoms with Gasteiger partial charge < -0.3 is 20.2 Å². The van der Waals surface area contributed by atoms with Crippen molar-refractivity contribution >= 4 is 23.2 Å². The minimum Gasteiger partial charge on any atom is -0.508 e. The first kappa shape index (κ1) is 16.3. The van der Waals surface area contributed by atoms with Gasteiger partial charge in [-0.2, -0.15) is 0 Å². The number of carboxylic acids is 1. The highest BCUT2D eigenvalue weighted by molar-refractivity contribution is 7.09. The van der Waals surface area contributed by atoms with E-state index in [9.17, 15) is 19.8 Å². The van der Waals surface area contributed by atoms with Crippen LogP contribution in [0.3, 0.4) is 0 Å². The first-order chi connectivity index (χ1) is 11.5. The molecule has 8 heteroatoms. The molecule has 1 aliphatic heterocycles. The van der Waals surface area contributed by atoms with Crippen LogP contribution >= 0.6 is 11.3 Å². The Kier molecular flexibility index (Phi) is 4.39. The number of piperidine rings is 1. The molecule has 1 aliphatic rings. The maximum atomic E-state index is 12.5. The molecule has 0 atom stereocenters. The zero-order valence-electron chi connectivity index (χ0n) is 12.7. The summed E-state index contributed by atoms with van der Waals surface area (Å²) in [4.78, 5) is 29.1. The number of rotatable bonds is 3. The standard InChI is InChI=1S/C16H16N2O5S/c19-10-1-2-11(13(20)7-10)15(21)18-5-3-9(4-6-18)14-17-12(8-24-14)16(22)23/h1-2,7-9,19-20H,3-6H2,(H,22,23). The number of phenolic OH excluding ortho intramolecular Hbond substituents is 2. The van der Waals surface area contributed by atoms with Crippen LogP contribution in [0.1, 0.15) is 44.6 Å². The molecule has 0 bridgehead atoms. The van der Waals surface area contributed by atoms with E-state index in [1.807, 2.05) is 0 Å². The first-order valence-corrected chi connectivity index (χ1v) is 8.33. The Hall–Kier alpha value is -2.61. The van der Waals surface area contributed by atoms with E-state index in [2.05, 4.69) is 4.98 Å². The van der Waals surface area contributed by atoms with Crippen LogP contribution in [0.25, 0.3) is 0 Å². The molecule has 1 amide bonds. The van der Waals surface area contributed by atoms with Crippen LogP contribution in [-0.4, -0.2) is 50.2 Å². The molecule has 1 fully saturated rings. The molecular formula is C16H16N2O5S. The van der Waals surface area contributed by atoms with Crippen molar-refractivity contribution < 1.29 is 24.9 Å². The topological polar surface area (TPSA) is 111 Å². The zero-order valence-corrected chi connectivity index (χ0v) is 13.5. The van der Waals surface area contributed by atoms with E-state index in [0.29, 0.717) is 25.9 Å². The Balaban J connectivity index is 1.65. The van der Waals surface area contributed by atoms with Gasteiger partial charge in [0.1, 0.15) is 11.5 Å². The number of benzene rings is 1. The Morgan fingerprint density at radius 1 is 1.21 bits per heavy atom. The van der Waals surface area contributed by atoms with Crippen LogP contribution in [-0.2, 0) is 0 Å². The van der Waals surface area contributed by atoms with E-state index in [0.717, 1.165) is 11.1 Å². The number of hydrogen-bond acceptors (Lipinski definition) is 6. The average Bonchev–Trinajstić information content (AvgIpc) is 3.05. The lowest BCUT2D eigenvalue weighted by Crippen LogP contribution is -2.37. The maximum Gasteiger partial charge on any atom is 0.355 e. The minimum atomic E-state index is -1.03. The van der Waals surface area contributed by atoms with Gasteiger partial charge >= 0.3 is 5.97 Å². The average molecular weight is 348 g/mol. The number of hydrogen-bond donors (Lipinski definition) is 3. The van der Waals surface area contributed by atoms with Crippen LogP contribution in [0.2, 0.25) is 0 Å². The zero-order chi connectivity index (χ0) is 17.3. The summed E-state index contributed by atoms with van der Waals surface area (Å²) in [6.07, 6.45) is 1.38. The Morgan fingerprint density at radius 3 is 2.50 bits per heavy atom. The third kappa shape index (κ3) is 3.18. The van der Waals surface area contributed by atoms with Crippen molar-refractivity contribution in [3.05, 3.63) is 39.8 Å². The number of aromatic nitrogens is 1. The van der Waals surface area contributed by atoms with Gasteiger partial charge in [-0.1, -0.05) is 0 Å². The highest BCUT2D eigenvalue weighted by Gasteiger charge is 2.27. The van der Waals surface area contributed by atoms with Crippen LogP contribution in [0, 0.1) is 0 Å². The second-order valence-electron chi connectivity index (χ2n) is 5.64. The second-order valence-corrected chi connectivity index (χ2v) is 6.53. The maximum absolute atomic E-state index is 12.5. The molecule has 0 unspecified atom stereocenters. The number of aromatic carboxylic acids is 1. The Bertz CT molecular complexity index is 781. The highest BCUT2D eigenvalue weighted by Crippen LogP contribution is 2.32. The van der Waals surface area contributed by atoms with E-state index in [1.165, 1.54) is 28.8 Å². The summed E-state index contributed by atoms with van der Waals surface area (Å²) >= 11 is 1.33. The first-order valence-electron chi connectivity index (χ1n) is 7.45. The summed E-state index contributed by atoms with van der Waals surface area (Å²) in [6, 6.07) is 3.91. The van der Waals surface area contributed by atoms with Crippen LogP contribution in [0.15, 0.2) is 23.6 Å². The molecule has 2 aromatic rings. The minimum absolute atomic E-state index is 0.0579. The third-order valence-corrected chi connectivity index (χ3v) is 5.09. The van der Waals surface area contributed by atoms with Gasteiger partial charge in [-0.05, 0) is 25.0 Å². The van der Waals surface area contributed by atoms with Crippen molar-refractivity contribution in [2.45, 2.75) is 18.8 Å². The fourth-order valence-corrected chi connectivity index (χ4v) is 3.74. The predicted octanol–water partition coefficient (Wildman–Crippen LogP) is 2.27. The van der Waals surface area contributed by atoms with Gasteiger partial charge in [0.25, 0.3) is 5.91 Å². The summed E-state index contributed by atoms with van der Waals surface area (Å²) < 4.78 is 0. The lowest BCUT2D eigenvalue weighted by molar-refractivity contribution is 0.0690. The van der Waals surface area contributed by atoms with E-state index in [-0.39, 0.29) is 34.6 Å². The van der Waals surface area contributed by atoms with Gasteiger partial charge in [0.05, 0.1) is 10.6 Å². The fraction of sp³-hybridized carbons (Fsp3) is 0.312. The number of carbonyl (C=O) groups excluding carboxylic acids is 1. The van der Waals surface area contributed by atoms with Gasteiger partial charge in [0, 0.05) is 30.5 Å². The smallest absolute Gasteiger partial charge is 0.355 e. The molecule has 24 heavy (non-hydrogen) atoms. The summed E-state index contributed by atoms with van der Waals surface area (Å²) in [7, 11) is 0. The van der Waals surface area contributed by atoms with Gasteiger partial charge in [-0.15, -0.1) is 11.3 Å². The molecule has 1 aromatic carbocycles. The quantitative estimate of drug-likeness (QED) is 0.785. The second kappa shape index (κ2) is 6.48. The third-order valence-electron chi connectivity index (χ3n) is 4.08. The van der Waals surface area contributed by atoms with Gasteiger partial charge in [0.2, 0.25) is 0 Å². The molecule has 1 aromatic heterocycles. The van der Waals surface area contributed by atoms with E-state index in [4.69, 9.17) is 5.11 Å². The lowest BCUT2D eigenvalue weighted by atomic mass is 9.97. The number of nitrogens with zero attached hydrogens (tertiary/aromatic N) is 2. The molecule has 0 saturated carbocycles. The number of phenols is 2. The van der Waals surface area contributed by atoms with E-state index < -0.39 is 5.97 Å². The number of thiazole rings is 1. The summed E-state index contributed by atoms with van der Waals surface area (Å²) in [5, 5.41) is 30.4. The number of aromatic hydroxyl groups is 2. The van der Waals surface area contributed by atoms with Crippen LogP contribution in [0.4, 0.5) is 0 Å². The molecule has 3 rings (SSSR count). The van der Waals surface area contributed by atoms with Crippen molar-refractivity contribution in [1.29, 1.82) is 0 Å². The molecule has 0 aliphatic carbocycles. The van der Waals surface area contributed by atoms with Gasteiger partial charge in [0.15, 0.2) is 5.69 Å². The molecule has 1 saturated heterocycles. The van der Waals surface area contributed by atoms with Gasteiger partial charge in [-0.25, -0.2) is 9.78 Å². The summed E-state index contributed by atoms with van der Waals surface area (Å²) in [6.45, 7) is 1.01. The predicted molar refractivity (Wildman–Crippen MR) is 86.7 cm³/mol. The van der Waals surface area contributed by atoms with Gasteiger partial charge in [-0.3, -0.25) is 4.79 Å². The largest absolute Gasteiger partial charge is 0.508 e. The molecule has 7 nitrogen and oxygen atoms in total. The number of likely N-dealkylation sites (tertiary alicyclic amines) is 1. The van der Waals surface area contributed by atoms with Crippen molar-refractivity contribution in [2.24, 2.45) is 0 Å². The van der Waals surface area contributed by atoms with Crippen LogP contribution in [0.5, 0.6) is 11.5 Å². The SMILES string of the molecule is O=C(O)c1csc(C2CCN(C(=O)c3ccc(O)cc3O)CC2)n1. The highest BCUT2D eigenvalue weighted by atomic mass is 32.1. The summed E-state index contributed by atoms with van der Waals surface area (Å²) in [5.41, 5.74) is 0.219.